The summed E-state index contributed by atoms with van der Waals surface area (Å²) >= 11 is 1.04. The summed E-state index contributed by atoms with van der Waals surface area (Å²) in [4.78, 5) is 29.3. The predicted molar refractivity (Wildman–Crippen MR) is 128 cm³/mol. The van der Waals surface area contributed by atoms with Crippen LogP contribution in [-0.4, -0.2) is 40.7 Å². The Morgan fingerprint density at radius 1 is 1.14 bits per heavy atom. The highest BCUT2D eigenvalue weighted by molar-refractivity contribution is 7.20. The van der Waals surface area contributed by atoms with E-state index >= 15 is 0 Å². The maximum Gasteiger partial charge on any atom is 0.247 e. The van der Waals surface area contributed by atoms with E-state index in [1.165, 1.54) is 25.0 Å². The molecule has 12 heteroatoms. The molecule has 2 N–H and O–H groups in total. The number of nitrogens with one attached hydrogen (secondary N) is 2. The second kappa shape index (κ2) is 9.50. The van der Waals surface area contributed by atoms with Crippen molar-refractivity contribution in [3.05, 3.63) is 65.2 Å². The maximum absolute atomic E-state index is 14.8. The van der Waals surface area contributed by atoms with Crippen LogP contribution >= 0.6 is 11.3 Å². The average molecular weight is 499 g/mol. The Hall–Kier alpha value is -4.32. The second-order valence-electron chi connectivity index (χ2n) is 7.19. The molecule has 0 saturated carbocycles. The van der Waals surface area contributed by atoms with Gasteiger partial charge in [-0.1, -0.05) is 6.58 Å². The fourth-order valence-electron chi connectivity index (χ4n) is 3.29. The van der Waals surface area contributed by atoms with Crippen LogP contribution in [0.2, 0.25) is 0 Å². The lowest BCUT2D eigenvalue weighted by Crippen LogP contribution is -2.09. The number of rotatable bonds is 8. The number of ketones is 1. The van der Waals surface area contributed by atoms with Crippen LogP contribution in [0.15, 0.2) is 43.1 Å². The normalized spacial score (nSPS) is 10.8. The first-order chi connectivity index (χ1) is 16.7. The molecule has 9 nitrogen and oxygen atoms in total. The summed E-state index contributed by atoms with van der Waals surface area (Å²) in [6, 6.07) is 5.83. The van der Waals surface area contributed by atoms with Gasteiger partial charge in [0.1, 0.15) is 17.1 Å². The number of ether oxygens (including phenoxy) is 2. The molecule has 0 bridgehead atoms. The lowest BCUT2D eigenvalue weighted by Gasteiger charge is -2.11. The third-order valence-electron chi connectivity index (χ3n) is 4.92. The standard InChI is InChI=1S/C23H19F2N5O4S/c1-5-18(31)27-12-10-30(2)29-23(12)28-17-7-6-15-11(26-17)8-16(35-15)22(32)19-20(24)13(33-3)9-14(34-4)21(19)25/h5-10H,1H2,2-4H3,(H,27,31)(H,26,28,29). The van der Waals surface area contributed by atoms with Crippen molar-refractivity contribution in [1.29, 1.82) is 0 Å². The number of hydrogen-bond acceptors (Lipinski definition) is 8. The lowest BCUT2D eigenvalue weighted by molar-refractivity contribution is -0.111. The van der Waals surface area contributed by atoms with Crippen LogP contribution in [0.4, 0.5) is 26.1 Å². The van der Waals surface area contributed by atoms with Crippen molar-refractivity contribution < 1.29 is 27.8 Å². The lowest BCUT2D eigenvalue weighted by atomic mass is 10.1. The molecule has 35 heavy (non-hydrogen) atoms. The third kappa shape index (κ3) is 4.55. The molecule has 0 fully saturated rings. The van der Waals surface area contributed by atoms with Crippen LogP contribution in [0, 0.1) is 11.6 Å². The number of benzene rings is 1. The van der Waals surface area contributed by atoms with Gasteiger partial charge < -0.3 is 20.1 Å². The number of nitrogens with zero attached hydrogens (tertiary/aromatic N) is 3. The molecule has 0 unspecified atom stereocenters. The first-order valence-electron chi connectivity index (χ1n) is 10.0. The third-order valence-corrected chi connectivity index (χ3v) is 6.00. The Morgan fingerprint density at radius 2 is 1.83 bits per heavy atom. The SMILES string of the molecule is C=CC(=O)Nc1cn(C)nc1Nc1ccc2sc(C(=O)c3c(F)c(OC)cc(OC)c3F)cc2n1. The zero-order chi connectivity index (χ0) is 25.3. The minimum Gasteiger partial charge on any atom is -0.494 e. The molecular weight excluding hydrogens is 480 g/mol. The minimum atomic E-state index is -1.12. The summed E-state index contributed by atoms with van der Waals surface area (Å²) in [7, 11) is 4.10. The molecule has 3 heterocycles. The Bertz CT molecular complexity index is 1450. The summed E-state index contributed by atoms with van der Waals surface area (Å²) in [6.45, 7) is 3.42. The largest absolute Gasteiger partial charge is 0.494 e. The van der Waals surface area contributed by atoms with E-state index in [0.29, 0.717) is 27.5 Å². The van der Waals surface area contributed by atoms with Crippen LogP contribution in [0.1, 0.15) is 15.2 Å². The van der Waals surface area contributed by atoms with Crippen LogP contribution in [0.3, 0.4) is 0 Å². The molecule has 3 aromatic heterocycles. The van der Waals surface area contributed by atoms with E-state index in [1.54, 1.807) is 25.4 Å². The molecule has 0 spiro atoms. The highest BCUT2D eigenvalue weighted by atomic mass is 32.1. The topological polar surface area (TPSA) is 107 Å². The summed E-state index contributed by atoms with van der Waals surface area (Å²) < 4.78 is 41.5. The zero-order valence-electron chi connectivity index (χ0n) is 18.8. The summed E-state index contributed by atoms with van der Waals surface area (Å²) in [5, 5.41) is 9.90. The summed E-state index contributed by atoms with van der Waals surface area (Å²) in [5.41, 5.74) is 0.0623. The van der Waals surface area contributed by atoms with Crippen molar-refractivity contribution >= 4 is 50.6 Å². The number of pyridine rings is 1. The van der Waals surface area contributed by atoms with Crippen molar-refractivity contribution in [1.82, 2.24) is 14.8 Å². The Kier molecular flexibility index (Phi) is 6.47. The van der Waals surface area contributed by atoms with Crippen LogP contribution in [0.5, 0.6) is 11.5 Å². The zero-order valence-corrected chi connectivity index (χ0v) is 19.6. The average Bonchev–Trinajstić information content (AvgIpc) is 3.41. The van der Waals surface area contributed by atoms with Crippen molar-refractivity contribution in [3.63, 3.8) is 0 Å². The molecular formula is C23H19F2N5O4S. The summed E-state index contributed by atoms with van der Waals surface area (Å²) in [6.07, 6.45) is 2.74. The van der Waals surface area contributed by atoms with Crippen molar-refractivity contribution in [2.45, 2.75) is 0 Å². The van der Waals surface area contributed by atoms with E-state index in [9.17, 15) is 18.4 Å². The minimum absolute atomic E-state index is 0.0783. The fraction of sp³-hybridized carbons (Fsp3) is 0.130. The molecule has 0 atom stereocenters. The van der Waals surface area contributed by atoms with E-state index in [0.717, 1.165) is 23.5 Å². The molecule has 180 valence electrons. The first kappa shape index (κ1) is 23.8. The first-order valence-corrected chi connectivity index (χ1v) is 10.9. The van der Waals surface area contributed by atoms with E-state index < -0.39 is 28.9 Å². The molecule has 0 aliphatic carbocycles. The Labute approximate surface area is 202 Å². The van der Waals surface area contributed by atoms with Gasteiger partial charge in [0.2, 0.25) is 11.7 Å². The van der Waals surface area contributed by atoms with Gasteiger partial charge in [0, 0.05) is 13.1 Å². The van der Waals surface area contributed by atoms with E-state index in [1.807, 2.05) is 0 Å². The van der Waals surface area contributed by atoms with Crippen LogP contribution in [-0.2, 0) is 11.8 Å². The highest BCUT2D eigenvalue weighted by Crippen LogP contribution is 2.35. The molecule has 0 aliphatic rings. The van der Waals surface area contributed by atoms with Gasteiger partial charge in [-0.05, 0) is 24.3 Å². The number of amides is 1. The van der Waals surface area contributed by atoms with Crippen molar-refractivity contribution in [2.75, 3.05) is 24.9 Å². The van der Waals surface area contributed by atoms with Gasteiger partial charge >= 0.3 is 0 Å². The van der Waals surface area contributed by atoms with Crippen molar-refractivity contribution in [2.24, 2.45) is 7.05 Å². The van der Waals surface area contributed by atoms with Crippen LogP contribution in [0.25, 0.3) is 10.2 Å². The van der Waals surface area contributed by atoms with E-state index in [-0.39, 0.29) is 16.4 Å². The summed E-state index contributed by atoms with van der Waals surface area (Å²) in [5.74, 6) is -3.41. The number of methoxy groups -OCH3 is 2. The number of aromatic nitrogens is 3. The quantitative estimate of drug-likeness (QED) is 0.273. The predicted octanol–water partition coefficient (Wildman–Crippen LogP) is 4.42. The van der Waals surface area contributed by atoms with Crippen LogP contribution < -0.4 is 20.1 Å². The van der Waals surface area contributed by atoms with E-state index in [4.69, 9.17) is 9.47 Å². The number of aryl methyl sites for hydroxylation is 1. The van der Waals surface area contributed by atoms with Gasteiger partial charge in [-0.25, -0.2) is 13.8 Å². The molecule has 1 aromatic carbocycles. The van der Waals surface area contributed by atoms with Crippen molar-refractivity contribution in [3.8, 4) is 11.5 Å². The van der Waals surface area contributed by atoms with Gasteiger partial charge in [0.15, 0.2) is 29.0 Å². The Balaban J connectivity index is 1.68. The van der Waals surface area contributed by atoms with Gasteiger partial charge in [0.25, 0.3) is 0 Å². The fourth-order valence-corrected chi connectivity index (χ4v) is 4.24. The molecule has 0 aliphatic heterocycles. The Morgan fingerprint density at radius 3 is 2.46 bits per heavy atom. The molecule has 0 saturated heterocycles. The van der Waals surface area contributed by atoms with Gasteiger partial charge in [-0.15, -0.1) is 11.3 Å². The van der Waals surface area contributed by atoms with Gasteiger partial charge in [-0.3, -0.25) is 14.3 Å². The van der Waals surface area contributed by atoms with E-state index in [2.05, 4.69) is 27.3 Å². The van der Waals surface area contributed by atoms with Gasteiger partial charge in [-0.2, -0.15) is 5.10 Å². The highest BCUT2D eigenvalue weighted by Gasteiger charge is 2.27. The number of anilines is 3. The number of halogens is 2. The molecule has 4 rings (SSSR count). The number of thiophene rings is 1. The number of carbonyl (C=O) groups excluding carboxylic acids is 2. The van der Waals surface area contributed by atoms with Gasteiger partial charge in [0.05, 0.1) is 35.5 Å². The number of fused-ring (bicyclic) bond motifs is 1. The monoisotopic (exact) mass is 499 g/mol. The molecule has 1 amide bonds. The number of carbonyl (C=O) groups is 2. The molecule has 4 aromatic rings. The smallest absolute Gasteiger partial charge is 0.247 e. The molecule has 0 radical (unpaired) electrons. The second-order valence-corrected chi connectivity index (χ2v) is 8.27. The maximum atomic E-state index is 14.8. The number of hydrogen-bond donors (Lipinski definition) is 2.